The number of hydrogen-bond acceptors (Lipinski definition) is 7. The Morgan fingerprint density at radius 2 is 1.91 bits per heavy atom. The molecule has 0 unspecified atom stereocenters. The van der Waals surface area contributed by atoms with Crippen LogP contribution in [0.4, 0.5) is 15.9 Å². The summed E-state index contributed by atoms with van der Waals surface area (Å²) in [7, 11) is 2.04. The first kappa shape index (κ1) is 21.1. The van der Waals surface area contributed by atoms with Crippen molar-refractivity contribution in [3.05, 3.63) is 60.0 Å². The van der Waals surface area contributed by atoms with E-state index in [2.05, 4.69) is 20.2 Å². The van der Waals surface area contributed by atoms with Gasteiger partial charge in [-0.2, -0.15) is 0 Å². The van der Waals surface area contributed by atoms with Crippen molar-refractivity contribution in [2.45, 2.75) is 6.42 Å². The molecule has 0 saturated carbocycles. The Morgan fingerprint density at radius 1 is 1.06 bits per heavy atom. The number of benzene rings is 2. The van der Waals surface area contributed by atoms with Crippen LogP contribution < -0.4 is 14.8 Å². The maximum absolute atomic E-state index is 14.4. The van der Waals surface area contributed by atoms with Crippen molar-refractivity contribution < 1.29 is 18.7 Å². The molecule has 1 N–H and O–H groups in total. The molecule has 33 heavy (non-hydrogen) atoms. The Hall–Kier alpha value is -3.72. The zero-order valence-corrected chi connectivity index (χ0v) is 18.3. The van der Waals surface area contributed by atoms with E-state index >= 15 is 0 Å². The van der Waals surface area contributed by atoms with Crippen molar-refractivity contribution in [2.75, 3.05) is 45.3 Å². The van der Waals surface area contributed by atoms with E-state index in [9.17, 15) is 9.18 Å². The summed E-state index contributed by atoms with van der Waals surface area (Å²) in [5.74, 6) is 1.29. The van der Waals surface area contributed by atoms with Crippen LogP contribution in [-0.2, 0) is 0 Å². The lowest BCUT2D eigenvalue weighted by molar-refractivity contribution is 0.0763. The highest BCUT2D eigenvalue weighted by molar-refractivity contribution is 5.99. The first-order valence-electron chi connectivity index (χ1n) is 10.8. The molecule has 2 aromatic carbocycles. The van der Waals surface area contributed by atoms with E-state index in [0.717, 1.165) is 19.5 Å². The molecule has 0 aliphatic carbocycles. The summed E-state index contributed by atoms with van der Waals surface area (Å²) >= 11 is 0. The summed E-state index contributed by atoms with van der Waals surface area (Å²) in [6.07, 6.45) is 2.39. The number of likely N-dealkylation sites (N-methyl/N-ethyl adjacent to an activating group) is 1. The quantitative estimate of drug-likeness (QED) is 0.653. The number of fused-ring (bicyclic) bond motifs is 1. The highest BCUT2D eigenvalue weighted by Gasteiger charge is 2.24. The highest BCUT2D eigenvalue weighted by Crippen LogP contribution is 2.35. The van der Waals surface area contributed by atoms with Crippen LogP contribution in [0.2, 0.25) is 0 Å². The van der Waals surface area contributed by atoms with Gasteiger partial charge in [-0.1, -0.05) is 12.1 Å². The van der Waals surface area contributed by atoms with Crippen LogP contribution in [-0.4, -0.2) is 65.7 Å². The van der Waals surface area contributed by atoms with E-state index in [1.165, 1.54) is 12.3 Å². The molecule has 0 radical (unpaired) electrons. The fourth-order valence-corrected chi connectivity index (χ4v) is 3.92. The van der Waals surface area contributed by atoms with Gasteiger partial charge in [-0.3, -0.25) is 4.79 Å². The number of ether oxygens (including phenoxy) is 2. The van der Waals surface area contributed by atoms with Gasteiger partial charge in [0.25, 0.3) is 5.91 Å². The molecule has 0 atom stereocenters. The number of rotatable bonds is 4. The Kier molecular flexibility index (Phi) is 5.78. The van der Waals surface area contributed by atoms with Crippen molar-refractivity contribution in [3.63, 3.8) is 0 Å². The Morgan fingerprint density at radius 3 is 2.79 bits per heavy atom. The Balaban J connectivity index is 1.52. The van der Waals surface area contributed by atoms with Gasteiger partial charge in [0.1, 0.15) is 17.2 Å². The van der Waals surface area contributed by atoms with Gasteiger partial charge in [0.2, 0.25) is 6.79 Å². The fraction of sp³-hybridized carbons (Fsp3) is 0.292. The van der Waals surface area contributed by atoms with Crippen LogP contribution in [0.3, 0.4) is 0 Å². The number of aromatic nitrogens is 2. The van der Waals surface area contributed by atoms with E-state index in [1.807, 2.05) is 13.1 Å². The zero-order chi connectivity index (χ0) is 22.8. The normalized spacial score (nSPS) is 15.9. The molecule has 1 aromatic heterocycles. The monoisotopic (exact) mass is 449 g/mol. The average molecular weight is 449 g/mol. The van der Waals surface area contributed by atoms with E-state index in [1.54, 1.807) is 35.2 Å². The number of nitrogens with zero attached hydrogens (tertiary/aromatic N) is 4. The van der Waals surface area contributed by atoms with Crippen molar-refractivity contribution in [3.8, 4) is 22.9 Å². The van der Waals surface area contributed by atoms with Gasteiger partial charge in [-0.15, -0.1) is 0 Å². The van der Waals surface area contributed by atoms with Crippen molar-refractivity contribution in [2.24, 2.45) is 0 Å². The summed E-state index contributed by atoms with van der Waals surface area (Å²) in [5, 5.41) is 3.01. The third-order valence-corrected chi connectivity index (χ3v) is 5.78. The average Bonchev–Trinajstić information content (AvgIpc) is 3.19. The molecule has 170 valence electrons. The van der Waals surface area contributed by atoms with Gasteiger partial charge < -0.3 is 24.6 Å². The number of amides is 1. The number of anilines is 2. The lowest BCUT2D eigenvalue weighted by Crippen LogP contribution is -2.35. The molecule has 1 fully saturated rings. The van der Waals surface area contributed by atoms with E-state index in [0.29, 0.717) is 41.5 Å². The molecule has 5 rings (SSSR count). The maximum atomic E-state index is 14.4. The third-order valence-electron chi connectivity index (χ3n) is 5.78. The summed E-state index contributed by atoms with van der Waals surface area (Å²) in [6, 6.07) is 11.7. The molecule has 1 saturated heterocycles. The van der Waals surface area contributed by atoms with Crippen molar-refractivity contribution in [1.29, 1.82) is 0 Å². The molecule has 1 amide bonds. The van der Waals surface area contributed by atoms with Crippen LogP contribution in [0.15, 0.2) is 48.7 Å². The standard InChI is InChI=1S/C24H24FN5O3/c1-29-9-4-10-30(12-11-29)24(31)17-14-26-22(16-7-8-20-21(13-16)33-15-32-20)28-23(17)27-19-6-3-2-5-18(19)25/h2-3,5-8,13-14H,4,9-12,15H2,1H3,(H,26,27,28). The Labute approximate surface area is 191 Å². The molecule has 2 aliphatic heterocycles. The second-order valence-corrected chi connectivity index (χ2v) is 8.08. The molecule has 3 heterocycles. The summed E-state index contributed by atoms with van der Waals surface area (Å²) in [5.41, 5.74) is 1.23. The number of hydrogen-bond donors (Lipinski definition) is 1. The Bertz CT molecular complexity index is 1190. The second kappa shape index (κ2) is 9.03. The number of carbonyl (C=O) groups is 1. The molecular formula is C24H24FN5O3. The predicted octanol–water partition coefficient (Wildman–Crippen LogP) is 3.53. The number of carbonyl (C=O) groups excluding carboxylic acids is 1. The second-order valence-electron chi connectivity index (χ2n) is 8.08. The van der Waals surface area contributed by atoms with Crippen molar-refractivity contribution >= 4 is 17.4 Å². The smallest absolute Gasteiger partial charge is 0.259 e. The first-order valence-corrected chi connectivity index (χ1v) is 10.8. The molecule has 2 aliphatic rings. The lowest BCUT2D eigenvalue weighted by Gasteiger charge is -2.22. The van der Waals surface area contributed by atoms with Crippen LogP contribution in [0.1, 0.15) is 16.8 Å². The topological polar surface area (TPSA) is 79.8 Å². The van der Waals surface area contributed by atoms with E-state index < -0.39 is 5.82 Å². The minimum absolute atomic E-state index is 0.165. The number of para-hydroxylation sites is 1. The molecule has 8 nitrogen and oxygen atoms in total. The van der Waals surface area contributed by atoms with Crippen molar-refractivity contribution in [1.82, 2.24) is 19.8 Å². The largest absolute Gasteiger partial charge is 0.454 e. The van der Waals surface area contributed by atoms with E-state index in [-0.39, 0.29) is 24.2 Å². The maximum Gasteiger partial charge on any atom is 0.259 e. The van der Waals surface area contributed by atoms with Gasteiger partial charge in [-0.05, 0) is 50.3 Å². The fourth-order valence-electron chi connectivity index (χ4n) is 3.92. The zero-order valence-electron chi connectivity index (χ0n) is 18.3. The minimum Gasteiger partial charge on any atom is -0.454 e. The number of halogens is 1. The molecule has 0 spiro atoms. The number of nitrogens with one attached hydrogen (secondary N) is 1. The van der Waals surface area contributed by atoms with Gasteiger partial charge >= 0.3 is 0 Å². The van der Waals surface area contributed by atoms with Gasteiger partial charge in [0.05, 0.1) is 5.69 Å². The molecular weight excluding hydrogens is 425 g/mol. The summed E-state index contributed by atoms with van der Waals surface area (Å²) < 4.78 is 25.2. The molecule has 9 heteroatoms. The molecule has 3 aromatic rings. The van der Waals surface area contributed by atoms with Gasteiger partial charge in [-0.25, -0.2) is 14.4 Å². The SMILES string of the molecule is CN1CCCN(C(=O)c2cnc(-c3ccc4c(c3)OCO4)nc2Nc2ccccc2F)CC1. The lowest BCUT2D eigenvalue weighted by atomic mass is 10.1. The van der Waals surface area contributed by atoms with E-state index in [4.69, 9.17) is 9.47 Å². The van der Waals surface area contributed by atoms with Crippen LogP contribution in [0.5, 0.6) is 11.5 Å². The first-order chi connectivity index (χ1) is 16.1. The summed E-state index contributed by atoms with van der Waals surface area (Å²) in [4.78, 5) is 26.5. The van der Waals surface area contributed by atoms with Gasteiger partial charge in [0, 0.05) is 31.4 Å². The van der Waals surface area contributed by atoms with Crippen LogP contribution in [0.25, 0.3) is 11.4 Å². The van der Waals surface area contributed by atoms with Gasteiger partial charge in [0.15, 0.2) is 17.3 Å². The third kappa shape index (κ3) is 4.45. The van der Waals surface area contributed by atoms with Crippen LogP contribution >= 0.6 is 0 Å². The summed E-state index contributed by atoms with van der Waals surface area (Å²) in [6.45, 7) is 3.14. The predicted molar refractivity (Wildman–Crippen MR) is 121 cm³/mol. The molecule has 0 bridgehead atoms. The van der Waals surface area contributed by atoms with Crippen LogP contribution in [0, 0.1) is 5.82 Å². The minimum atomic E-state index is -0.435. The highest BCUT2D eigenvalue weighted by atomic mass is 19.1.